The average Bonchev–Trinajstić information content (AvgIpc) is 3.08. The van der Waals surface area contributed by atoms with Crippen LogP contribution in [0.2, 0.25) is 0 Å². The Morgan fingerprint density at radius 3 is 2.52 bits per heavy atom. The van der Waals surface area contributed by atoms with Crippen molar-refractivity contribution in [3.05, 3.63) is 70.3 Å². The minimum absolute atomic E-state index is 0.234. The van der Waals surface area contributed by atoms with Crippen LogP contribution in [0.4, 0.5) is 0 Å². The number of nitrogens with one attached hydrogen (secondary N) is 1. The van der Waals surface area contributed by atoms with Gasteiger partial charge in [-0.05, 0) is 48.1 Å². The Labute approximate surface area is 156 Å². The summed E-state index contributed by atoms with van der Waals surface area (Å²) in [6.45, 7) is 1.69. The highest BCUT2D eigenvalue weighted by Crippen LogP contribution is 2.30. The second kappa shape index (κ2) is 7.04. The number of aromatic nitrogens is 1. The lowest BCUT2D eigenvalue weighted by atomic mass is 9.93. The van der Waals surface area contributed by atoms with E-state index in [1.54, 1.807) is 0 Å². The first-order valence-electron chi connectivity index (χ1n) is 8.79. The van der Waals surface area contributed by atoms with Crippen LogP contribution in [-0.2, 0) is 11.2 Å². The maximum absolute atomic E-state index is 12.5. The lowest BCUT2D eigenvalue weighted by molar-refractivity contribution is -0.131. The fourth-order valence-corrected chi connectivity index (χ4v) is 3.91. The molecule has 25 heavy (non-hydrogen) atoms. The molecule has 1 N–H and O–H groups in total. The number of halogens is 1. The predicted molar refractivity (Wildman–Crippen MR) is 105 cm³/mol. The molecule has 0 bridgehead atoms. The summed E-state index contributed by atoms with van der Waals surface area (Å²) in [6.07, 6.45) is 2.54. The highest BCUT2D eigenvalue weighted by molar-refractivity contribution is 9.10. The van der Waals surface area contributed by atoms with Gasteiger partial charge in [0.2, 0.25) is 5.91 Å². The number of piperidine rings is 1. The third-order valence-corrected chi connectivity index (χ3v) is 5.64. The van der Waals surface area contributed by atoms with Gasteiger partial charge in [-0.1, -0.05) is 46.3 Å². The van der Waals surface area contributed by atoms with Crippen molar-refractivity contribution in [3.8, 4) is 0 Å². The number of aromatic amines is 1. The summed E-state index contributed by atoms with van der Waals surface area (Å²) in [5.41, 5.74) is 3.58. The molecule has 0 atom stereocenters. The number of fused-ring (bicyclic) bond motifs is 1. The molecule has 3 nitrogen and oxygen atoms in total. The minimum Gasteiger partial charge on any atom is -0.358 e. The summed E-state index contributed by atoms with van der Waals surface area (Å²) >= 11 is 3.43. The van der Waals surface area contributed by atoms with Gasteiger partial charge >= 0.3 is 0 Å². The van der Waals surface area contributed by atoms with Crippen molar-refractivity contribution in [2.24, 2.45) is 0 Å². The number of likely N-dealkylation sites (tertiary alicyclic amines) is 1. The van der Waals surface area contributed by atoms with Crippen molar-refractivity contribution in [2.45, 2.75) is 25.2 Å². The maximum Gasteiger partial charge on any atom is 0.226 e. The Bertz CT molecular complexity index is 843. The van der Waals surface area contributed by atoms with Crippen LogP contribution in [0.15, 0.2) is 59.1 Å². The summed E-state index contributed by atoms with van der Waals surface area (Å²) in [5, 5.41) is 1.27. The summed E-state index contributed by atoms with van der Waals surface area (Å²) in [7, 11) is 0. The predicted octanol–water partition coefficient (Wildman–Crippen LogP) is 4.88. The quantitative estimate of drug-likeness (QED) is 0.672. The molecule has 0 radical (unpaired) electrons. The summed E-state index contributed by atoms with van der Waals surface area (Å²) in [4.78, 5) is 18.1. The van der Waals surface area contributed by atoms with E-state index in [1.165, 1.54) is 16.6 Å². The van der Waals surface area contributed by atoms with Gasteiger partial charge in [-0.15, -0.1) is 0 Å². The zero-order valence-electron chi connectivity index (χ0n) is 14.0. The Morgan fingerprint density at radius 2 is 1.80 bits per heavy atom. The van der Waals surface area contributed by atoms with E-state index in [4.69, 9.17) is 0 Å². The van der Waals surface area contributed by atoms with E-state index in [0.717, 1.165) is 36.0 Å². The number of carbonyl (C=O) groups excluding carboxylic acids is 1. The van der Waals surface area contributed by atoms with Crippen molar-refractivity contribution in [1.29, 1.82) is 0 Å². The van der Waals surface area contributed by atoms with Crippen LogP contribution in [0.25, 0.3) is 10.9 Å². The monoisotopic (exact) mass is 396 g/mol. The van der Waals surface area contributed by atoms with Gasteiger partial charge in [-0.3, -0.25) is 4.79 Å². The fraction of sp³-hybridized carbons (Fsp3) is 0.286. The molecule has 1 fully saturated rings. The van der Waals surface area contributed by atoms with Crippen molar-refractivity contribution < 1.29 is 4.79 Å². The number of hydrogen-bond donors (Lipinski definition) is 1. The molecule has 2 heterocycles. The van der Waals surface area contributed by atoms with Crippen LogP contribution in [0, 0.1) is 0 Å². The van der Waals surface area contributed by atoms with E-state index in [2.05, 4.69) is 51.2 Å². The Kier molecular flexibility index (Phi) is 4.62. The number of carbonyl (C=O) groups is 1. The van der Waals surface area contributed by atoms with Crippen LogP contribution in [0.1, 0.15) is 30.0 Å². The molecule has 1 amide bonds. The molecule has 128 valence electrons. The van der Waals surface area contributed by atoms with Gasteiger partial charge in [0.05, 0.1) is 6.42 Å². The number of H-pyrrole nitrogens is 1. The second-order valence-corrected chi connectivity index (χ2v) is 7.69. The molecule has 0 saturated carbocycles. The van der Waals surface area contributed by atoms with E-state index >= 15 is 0 Å². The molecule has 1 saturated heterocycles. The van der Waals surface area contributed by atoms with Crippen molar-refractivity contribution in [3.63, 3.8) is 0 Å². The zero-order chi connectivity index (χ0) is 17.2. The maximum atomic E-state index is 12.5. The second-order valence-electron chi connectivity index (χ2n) is 6.77. The zero-order valence-corrected chi connectivity index (χ0v) is 15.6. The summed E-state index contributed by atoms with van der Waals surface area (Å²) in [5.74, 6) is 0.751. The van der Waals surface area contributed by atoms with Crippen molar-refractivity contribution in [2.75, 3.05) is 13.1 Å². The van der Waals surface area contributed by atoms with Gasteiger partial charge in [-0.25, -0.2) is 0 Å². The molecule has 0 aliphatic carbocycles. The van der Waals surface area contributed by atoms with Gasteiger partial charge in [0, 0.05) is 34.7 Å². The molecule has 4 heteroatoms. The van der Waals surface area contributed by atoms with E-state index in [9.17, 15) is 4.79 Å². The van der Waals surface area contributed by atoms with Crippen LogP contribution < -0.4 is 0 Å². The van der Waals surface area contributed by atoms with Gasteiger partial charge < -0.3 is 9.88 Å². The van der Waals surface area contributed by atoms with E-state index < -0.39 is 0 Å². The molecule has 2 aromatic carbocycles. The molecule has 4 rings (SSSR count). The third-order valence-electron chi connectivity index (χ3n) is 5.11. The Balaban J connectivity index is 1.37. The first kappa shape index (κ1) is 16.4. The Morgan fingerprint density at radius 1 is 1.08 bits per heavy atom. The van der Waals surface area contributed by atoms with E-state index in [0.29, 0.717) is 12.3 Å². The number of benzene rings is 2. The smallest absolute Gasteiger partial charge is 0.226 e. The van der Waals surface area contributed by atoms with Crippen LogP contribution in [0.3, 0.4) is 0 Å². The SMILES string of the molecule is O=C(Cc1ccc(Br)cc1)N1CCC(c2cc3ccccc3[nH]2)CC1. The lowest BCUT2D eigenvalue weighted by Crippen LogP contribution is -2.38. The Hall–Kier alpha value is -2.07. The first-order chi connectivity index (χ1) is 12.2. The van der Waals surface area contributed by atoms with Gasteiger partial charge in [0.15, 0.2) is 0 Å². The number of para-hydroxylation sites is 1. The van der Waals surface area contributed by atoms with Crippen molar-refractivity contribution >= 4 is 32.7 Å². The highest BCUT2D eigenvalue weighted by atomic mass is 79.9. The van der Waals surface area contributed by atoms with Crippen molar-refractivity contribution in [1.82, 2.24) is 9.88 Å². The average molecular weight is 397 g/mol. The van der Waals surface area contributed by atoms with E-state index in [-0.39, 0.29) is 5.91 Å². The number of nitrogens with zero attached hydrogens (tertiary/aromatic N) is 1. The normalized spacial score (nSPS) is 15.6. The fourth-order valence-electron chi connectivity index (χ4n) is 3.64. The number of hydrogen-bond acceptors (Lipinski definition) is 1. The molecule has 3 aromatic rings. The molecule has 1 aliphatic rings. The standard InChI is InChI=1S/C21H21BrN2O/c22-18-7-5-15(6-8-18)13-21(25)24-11-9-16(10-12-24)20-14-17-3-1-2-4-19(17)23-20/h1-8,14,16,23H,9-13H2. The van der Waals surface area contributed by atoms with E-state index in [1.807, 2.05) is 29.2 Å². The van der Waals surface area contributed by atoms with Crippen LogP contribution >= 0.6 is 15.9 Å². The largest absolute Gasteiger partial charge is 0.358 e. The third kappa shape index (κ3) is 3.64. The van der Waals surface area contributed by atoms with Crippen LogP contribution in [-0.4, -0.2) is 28.9 Å². The van der Waals surface area contributed by atoms with Gasteiger partial charge in [0.25, 0.3) is 0 Å². The van der Waals surface area contributed by atoms with Gasteiger partial charge in [0.1, 0.15) is 0 Å². The van der Waals surface area contributed by atoms with Crippen LogP contribution in [0.5, 0.6) is 0 Å². The molecule has 0 spiro atoms. The molecule has 0 unspecified atom stereocenters. The summed E-state index contributed by atoms with van der Waals surface area (Å²) in [6, 6.07) is 18.7. The number of rotatable bonds is 3. The molecular formula is C21H21BrN2O. The minimum atomic E-state index is 0.234. The van der Waals surface area contributed by atoms with Gasteiger partial charge in [-0.2, -0.15) is 0 Å². The topological polar surface area (TPSA) is 36.1 Å². The summed E-state index contributed by atoms with van der Waals surface area (Å²) < 4.78 is 1.04. The first-order valence-corrected chi connectivity index (χ1v) is 9.58. The molecule has 1 aromatic heterocycles. The highest BCUT2D eigenvalue weighted by Gasteiger charge is 2.24. The molecule has 1 aliphatic heterocycles. The molecular weight excluding hydrogens is 376 g/mol. The lowest BCUT2D eigenvalue weighted by Gasteiger charge is -2.31. The number of amides is 1.